The molecule has 1 atom stereocenters. The molecule has 3 heterocycles. The zero-order chi connectivity index (χ0) is 19.3. The van der Waals surface area contributed by atoms with Crippen LogP contribution in [0.15, 0.2) is 42.7 Å². The highest BCUT2D eigenvalue weighted by Gasteiger charge is 2.24. The van der Waals surface area contributed by atoms with Gasteiger partial charge in [-0.15, -0.1) is 5.10 Å². The Balaban J connectivity index is 1.41. The molecule has 0 bridgehead atoms. The fourth-order valence-corrected chi connectivity index (χ4v) is 3.31. The number of ether oxygens (including phenoxy) is 1. The lowest BCUT2D eigenvalue weighted by atomic mass is 10.1. The van der Waals surface area contributed by atoms with E-state index in [2.05, 4.69) is 20.6 Å². The first-order chi connectivity index (χ1) is 13.7. The number of hydrogen-bond acceptors (Lipinski definition) is 6. The van der Waals surface area contributed by atoms with E-state index in [0.29, 0.717) is 38.3 Å². The molecule has 1 aliphatic rings. The van der Waals surface area contributed by atoms with Crippen LogP contribution in [0.3, 0.4) is 0 Å². The predicted octanol–water partition coefficient (Wildman–Crippen LogP) is 1.16. The summed E-state index contributed by atoms with van der Waals surface area (Å²) in [6.07, 6.45) is 4.43. The zero-order valence-electron chi connectivity index (χ0n) is 15.8. The smallest absolute Gasteiger partial charge is 0.253 e. The van der Waals surface area contributed by atoms with Crippen molar-refractivity contribution in [2.45, 2.75) is 32.5 Å². The number of nitrogens with zero attached hydrogens (tertiary/aromatic N) is 7. The van der Waals surface area contributed by atoms with Crippen molar-refractivity contribution in [1.29, 1.82) is 0 Å². The van der Waals surface area contributed by atoms with E-state index >= 15 is 0 Å². The Morgan fingerprint density at radius 2 is 2.14 bits per heavy atom. The molecule has 0 aliphatic carbocycles. The van der Waals surface area contributed by atoms with E-state index in [-0.39, 0.29) is 12.0 Å². The summed E-state index contributed by atoms with van der Waals surface area (Å²) in [4.78, 5) is 14.9. The maximum Gasteiger partial charge on any atom is 0.253 e. The molecule has 0 spiro atoms. The van der Waals surface area contributed by atoms with Crippen LogP contribution in [0.25, 0.3) is 0 Å². The molecule has 9 heteroatoms. The van der Waals surface area contributed by atoms with Crippen molar-refractivity contribution in [1.82, 2.24) is 34.9 Å². The second-order valence-electron chi connectivity index (χ2n) is 6.91. The fourth-order valence-electron chi connectivity index (χ4n) is 3.31. The summed E-state index contributed by atoms with van der Waals surface area (Å²) in [5, 5.41) is 15.7. The molecule has 1 amide bonds. The van der Waals surface area contributed by atoms with Crippen molar-refractivity contribution in [3.05, 3.63) is 59.7 Å². The van der Waals surface area contributed by atoms with E-state index < -0.39 is 0 Å². The molecule has 0 radical (unpaired) electrons. The van der Waals surface area contributed by atoms with Gasteiger partial charge in [0.15, 0.2) is 0 Å². The maximum atomic E-state index is 13.0. The van der Waals surface area contributed by atoms with Crippen LogP contribution < -0.4 is 0 Å². The Hall–Kier alpha value is -3.07. The lowest BCUT2D eigenvalue weighted by molar-refractivity contribution is 0.0367. The van der Waals surface area contributed by atoms with Crippen LogP contribution in [-0.4, -0.2) is 66.6 Å². The molecule has 1 aromatic carbocycles. The molecule has 28 heavy (non-hydrogen) atoms. The Labute approximate surface area is 162 Å². The fraction of sp³-hybridized carbons (Fsp3) is 0.421. The molecule has 0 N–H and O–H groups in total. The van der Waals surface area contributed by atoms with Crippen LogP contribution in [0.2, 0.25) is 0 Å². The Morgan fingerprint density at radius 3 is 2.86 bits per heavy atom. The molecule has 3 aromatic rings. The van der Waals surface area contributed by atoms with Crippen molar-refractivity contribution in [2.24, 2.45) is 0 Å². The van der Waals surface area contributed by atoms with E-state index in [1.165, 1.54) is 0 Å². The first-order valence-corrected chi connectivity index (χ1v) is 9.39. The molecule has 0 saturated carbocycles. The number of carbonyl (C=O) groups is 1. The number of rotatable bonds is 5. The van der Waals surface area contributed by atoms with Gasteiger partial charge < -0.3 is 9.64 Å². The van der Waals surface area contributed by atoms with Crippen LogP contribution in [0, 0.1) is 6.92 Å². The van der Waals surface area contributed by atoms with Gasteiger partial charge in [-0.25, -0.2) is 4.68 Å². The van der Waals surface area contributed by atoms with Crippen LogP contribution in [0.4, 0.5) is 0 Å². The molecule has 1 unspecified atom stereocenters. The van der Waals surface area contributed by atoms with Crippen molar-refractivity contribution in [3.8, 4) is 0 Å². The first-order valence-electron chi connectivity index (χ1n) is 9.39. The van der Waals surface area contributed by atoms with E-state index in [4.69, 9.17) is 4.74 Å². The van der Waals surface area contributed by atoms with Crippen LogP contribution in [-0.2, 0) is 17.8 Å². The average Bonchev–Trinajstić information content (AvgIpc) is 3.29. The minimum absolute atomic E-state index is 0.0288. The van der Waals surface area contributed by atoms with Crippen molar-refractivity contribution < 1.29 is 9.53 Å². The van der Waals surface area contributed by atoms with Gasteiger partial charge in [0, 0.05) is 37.7 Å². The maximum absolute atomic E-state index is 13.0. The van der Waals surface area contributed by atoms with Crippen molar-refractivity contribution in [2.75, 3.05) is 19.7 Å². The topological polar surface area (TPSA) is 91.0 Å². The number of aryl methyl sites for hydroxylation is 1. The Bertz CT molecular complexity index is 905. The summed E-state index contributed by atoms with van der Waals surface area (Å²) in [5.74, 6) is 0.786. The number of tetrazole rings is 1. The summed E-state index contributed by atoms with van der Waals surface area (Å²) in [6.45, 7) is 4.99. The van der Waals surface area contributed by atoms with Gasteiger partial charge in [0.25, 0.3) is 5.91 Å². The number of amides is 1. The molecule has 9 nitrogen and oxygen atoms in total. The van der Waals surface area contributed by atoms with Gasteiger partial charge in [-0.05, 0) is 47.5 Å². The summed E-state index contributed by atoms with van der Waals surface area (Å²) in [5.41, 5.74) is 1.72. The molecule has 1 aliphatic heterocycles. The zero-order valence-corrected chi connectivity index (χ0v) is 15.8. The van der Waals surface area contributed by atoms with E-state index in [9.17, 15) is 4.79 Å². The third kappa shape index (κ3) is 4.25. The quantitative estimate of drug-likeness (QED) is 0.659. The van der Waals surface area contributed by atoms with E-state index in [0.717, 1.165) is 17.8 Å². The minimum atomic E-state index is -0.0617. The predicted molar refractivity (Wildman–Crippen MR) is 101 cm³/mol. The molecular weight excluding hydrogens is 358 g/mol. The lowest BCUT2D eigenvalue weighted by Crippen LogP contribution is -2.38. The monoisotopic (exact) mass is 381 g/mol. The summed E-state index contributed by atoms with van der Waals surface area (Å²) < 4.78 is 9.47. The van der Waals surface area contributed by atoms with Gasteiger partial charge in [0.2, 0.25) is 0 Å². The van der Waals surface area contributed by atoms with E-state index in [1.54, 1.807) is 10.9 Å². The molecular formula is C19H23N7O2. The number of carbonyl (C=O) groups excluding carboxylic acids is 1. The largest absolute Gasteiger partial charge is 0.374 e. The van der Waals surface area contributed by atoms with Gasteiger partial charge in [-0.3, -0.25) is 9.48 Å². The molecule has 4 rings (SSSR count). The van der Waals surface area contributed by atoms with Gasteiger partial charge in [0.05, 0.1) is 19.2 Å². The number of hydrogen-bond donors (Lipinski definition) is 0. The van der Waals surface area contributed by atoms with Gasteiger partial charge in [0.1, 0.15) is 5.82 Å². The van der Waals surface area contributed by atoms with Crippen molar-refractivity contribution in [3.63, 3.8) is 0 Å². The molecule has 1 fully saturated rings. The minimum Gasteiger partial charge on any atom is -0.374 e. The Morgan fingerprint density at radius 1 is 1.29 bits per heavy atom. The third-order valence-corrected chi connectivity index (χ3v) is 4.83. The lowest BCUT2D eigenvalue weighted by Gasteiger charge is -2.24. The highest BCUT2D eigenvalue weighted by atomic mass is 16.5. The SMILES string of the molecule is Cc1nnnn1Cc1ccc(C(=O)N2CCCOC(Cn3cccn3)C2)cc1. The second-order valence-corrected chi connectivity index (χ2v) is 6.91. The number of benzene rings is 1. The first kappa shape index (κ1) is 18.3. The highest BCUT2D eigenvalue weighted by Crippen LogP contribution is 2.14. The van der Waals surface area contributed by atoms with Gasteiger partial charge in [-0.2, -0.15) is 5.10 Å². The van der Waals surface area contributed by atoms with Crippen LogP contribution in [0.1, 0.15) is 28.2 Å². The second kappa shape index (κ2) is 8.30. The van der Waals surface area contributed by atoms with Crippen LogP contribution >= 0.6 is 0 Å². The summed E-state index contributed by atoms with van der Waals surface area (Å²) >= 11 is 0. The average molecular weight is 381 g/mol. The third-order valence-electron chi connectivity index (χ3n) is 4.83. The van der Waals surface area contributed by atoms with Crippen LogP contribution in [0.5, 0.6) is 0 Å². The standard InChI is InChI=1S/C19H23N7O2/c1-15-21-22-23-26(15)12-16-4-6-17(7-5-16)19(27)24-9-3-11-28-18(13-24)14-25-10-2-8-20-25/h2,4-8,10,18H,3,9,11-14H2,1H3. The van der Waals surface area contributed by atoms with Crippen molar-refractivity contribution >= 4 is 5.91 Å². The normalized spacial score (nSPS) is 17.5. The Kier molecular flexibility index (Phi) is 5.43. The molecule has 146 valence electrons. The molecule has 2 aromatic heterocycles. The number of aromatic nitrogens is 6. The summed E-state index contributed by atoms with van der Waals surface area (Å²) in [6, 6.07) is 9.52. The van der Waals surface area contributed by atoms with E-state index in [1.807, 2.05) is 53.0 Å². The van der Waals surface area contributed by atoms with Gasteiger partial charge in [-0.1, -0.05) is 12.1 Å². The summed E-state index contributed by atoms with van der Waals surface area (Å²) in [7, 11) is 0. The molecule has 1 saturated heterocycles. The highest BCUT2D eigenvalue weighted by molar-refractivity contribution is 5.94. The van der Waals surface area contributed by atoms with Gasteiger partial charge >= 0.3 is 0 Å².